The highest BCUT2D eigenvalue weighted by molar-refractivity contribution is 5.83. The van der Waals surface area contributed by atoms with Gasteiger partial charge in [-0.1, -0.05) is 0 Å². The van der Waals surface area contributed by atoms with Crippen LogP contribution in [0.2, 0.25) is 0 Å². The number of hydrogen-bond acceptors (Lipinski definition) is 4. The Morgan fingerprint density at radius 2 is 2.24 bits per heavy atom. The van der Waals surface area contributed by atoms with Crippen molar-refractivity contribution in [3.05, 3.63) is 35.7 Å². The molecular weight excluding hydrogens is 274 g/mol. The van der Waals surface area contributed by atoms with E-state index in [2.05, 4.69) is 20.4 Å². The van der Waals surface area contributed by atoms with Gasteiger partial charge in [-0.15, -0.1) is 0 Å². The monoisotopic (exact) mass is 291 g/mol. The van der Waals surface area contributed by atoms with Crippen molar-refractivity contribution in [3.63, 3.8) is 0 Å². The Morgan fingerprint density at radius 3 is 2.76 bits per heavy atom. The van der Waals surface area contributed by atoms with Crippen LogP contribution in [0.3, 0.4) is 0 Å². The number of aromatic nitrogens is 4. The van der Waals surface area contributed by atoms with E-state index in [1.807, 2.05) is 19.9 Å². The van der Waals surface area contributed by atoms with E-state index >= 15 is 0 Å². The van der Waals surface area contributed by atoms with Gasteiger partial charge in [-0.3, -0.25) is 9.48 Å². The molecule has 0 aliphatic carbocycles. The summed E-state index contributed by atoms with van der Waals surface area (Å²) in [5.74, 6) is -1.49. The molecule has 2 aromatic heterocycles. The van der Waals surface area contributed by atoms with E-state index in [4.69, 9.17) is 0 Å². The van der Waals surface area contributed by atoms with Crippen LogP contribution in [0.4, 0.5) is 0 Å². The van der Waals surface area contributed by atoms with Crippen LogP contribution >= 0.6 is 0 Å². The first-order valence-corrected chi connectivity index (χ1v) is 6.46. The number of nitrogens with zero attached hydrogens (tertiary/aromatic N) is 3. The average Bonchev–Trinajstić information content (AvgIpc) is 2.99. The van der Waals surface area contributed by atoms with Crippen molar-refractivity contribution in [3.8, 4) is 0 Å². The number of amides is 1. The van der Waals surface area contributed by atoms with Crippen LogP contribution in [0.1, 0.15) is 17.1 Å². The summed E-state index contributed by atoms with van der Waals surface area (Å²) < 4.78 is 1.54. The summed E-state index contributed by atoms with van der Waals surface area (Å²) in [4.78, 5) is 29.8. The van der Waals surface area contributed by atoms with Crippen LogP contribution in [0, 0.1) is 13.8 Å². The van der Waals surface area contributed by atoms with Gasteiger partial charge in [0.25, 0.3) is 0 Å². The highest BCUT2D eigenvalue weighted by Crippen LogP contribution is 2.02. The minimum Gasteiger partial charge on any atom is -0.480 e. The van der Waals surface area contributed by atoms with Crippen LogP contribution in [0.25, 0.3) is 0 Å². The van der Waals surface area contributed by atoms with Gasteiger partial charge in [0.05, 0.1) is 12.0 Å². The maximum Gasteiger partial charge on any atom is 0.326 e. The van der Waals surface area contributed by atoms with Gasteiger partial charge in [0, 0.05) is 24.0 Å². The minimum atomic E-state index is -1.09. The van der Waals surface area contributed by atoms with Crippen molar-refractivity contribution in [1.82, 2.24) is 25.1 Å². The third-order valence-electron chi connectivity index (χ3n) is 3.01. The van der Waals surface area contributed by atoms with Gasteiger partial charge in [0.2, 0.25) is 5.91 Å². The summed E-state index contributed by atoms with van der Waals surface area (Å²) in [5, 5.41) is 15.8. The quantitative estimate of drug-likeness (QED) is 0.695. The number of aromatic amines is 1. The van der Waals surface area contributed by atoms with Crippen molar-refractivity contribution in [1.29, 1.82) is 0 Å². The summed E-state index contributed by atoms with van der Waals surface area (Å²) in [5.41, 5.74) is 2.31. The Kier molecular flexibility index (Phi) is 4.36. The van der Waals surface area contributed by atoms with Crippen molar-refractivity contribution in [2.24, 2.45) is 0 Å². The number of rotatable bonds is 6. The number of carbonyl (C=O) groups excluding carboxylic acids is 1. The third-order valence-corrected chi connectivity index (χ3v) is 3.01. The number of aliphatic carboxylic acids is 1. The minimum absolute atomic E-state index is 0.00751. The molecule has 21 heavy (non-hydrogen) atoms. The molecular formula is C13H17N5O3. The predicted molar refractivity (Wildman–Crippen MR) is 73.6 cm³/mol. The van der Waals surface area contributed by atoms with Crippen molar-refractivity contribution >= 4 is 11.9 Å². The van der Waals surface area contributed by atoms with Gasteiger partial charge in [-0.2, -0.15) is 5.10 Å². The highest BCUT2D eigenvalue weighted by atomic mass is 16.4. The lowest BCUT2D eigenvalue weighted by Crippen LogP contribution is -2.44. The Morgan fingerprint density at radius 1 is 1.48 bits per heavy atom. The molecule has 2 aromatic rings. The van der Waals surface area contributed by atoms with E-state index in [0.717, 1.165) is 11.4 Å². The summed E-state index contributed by atoms with van der Waals surface area (Å²) in [7, 11) is 0. The van der Waals surface area contributed by atoms with Crippen molar-refractivity contribution < 1.29 is 14.7 Å². The second-order valence-corrected chi connectivity index (χ2v) is 4.82. The lowest BCUT2D eigenvalue weighted by atomic mass is 10.1. The Hall–Kier alpha value is -2.64. The molecule has 1 amide bonds. The molecule has 3 N–H and O–H groups in total. The SMILES string of the molecule is Cc1cc(C)n(CC(=O)N[C@@H](Cc2cnc[nH]2)C(=O)O)n1. The van der Waals surface area contributed by atoms with Crippen LogP contribution in [-0.2, 0) is 22.6 Å². The molecule has 2 heterocycles. The molecule has 0 fully saturated rings. The molecule has 0 saturated heterocycles. The van der Waals surface area contributed by atoms with Crippen molar-refractivity contribution in [2.45, 2.75) is 32.9 Å². The van der Waals surface area contributed by atoms with Gasteiger partial charge >= 0.3 is 5.97 Å². The largest absolute Gasteiger partial charge is 0.480 e. The Balaban J connectivity index is 1.98. The molecule has 0 bridgehead atoms. The third kappa shape index (κ3) is 3.91. The maximum atomic E-state index is 12.0. The molecule has 0 aromatic carbocycles. The highest BCUT2D eigenvalue weighted by Gasteiger charge is 2.21. The van der Waals surface area contributed by atoms with Gasteiger partial charge in [0.1, 0.15) is 12.6 Å². The van der Waals surface area contributed by atoms with Crippen LogP contribution in [0.15, 0.2) is 18.6 Å². The molecule has 0 radical (unpaired) electrons. The number of hydrogen-bond donors (Lipinski definition) is 3. The topological polar surface area (TPSA) is 113 Å². The zero-order valence-electron chi connectivity index (χ0n) is 11.8. The normalized spacial score (nSPS) is 12.1. The molecule has 0 saturated carbocycles. The first kappa shape index (κ1) is 14.8. The number of carboxylic acids is 1. The number of carbonyl (C=O) groups is 2. The standard InChI is InChI=1S/C13H17N5O3/c1-8-3-9(2)18(17-8)6-12(19)16-11(13(20)21)4-10-5-14-7-15-10/h3,5,7,11H,4,6H2,1-2H3,(H,14,15)(H,16,19)(H,20,21)/t11-/m0/s1. The van der Waals surface area contributed by atoms with Crippen LogP contribution in [0.5, 0.6) is 0 Å². The first-order valence-electron chi connectivity index (χ1n) is 6.46. The summed E-state index contributed by atoms with van der Waals surface area (Å²) in [6, 6.07) is 0.849. The zero-order chi connectivity index (χ0) is 15.4. The van der Waals surface area contributed by atoms with Gasteiger partial charge < -0.3 is 15.4 Å². The fraction of sp³-hybridized carbons (Fsp3) is 0.385. The number of nitrogens with one attached hydrogen (secondary N) is 2. The second kappa shape index (κ2) is 6.21. The van der Waals surface area contributed by atoms with E-state index in [0.29, 0.717) is 5.69 Å². The fourth-order valence-electron chi connectivity index (χ4n) is 2.03. The van der Waals surface area contributed by atoms with Gasteiger partial charge in [-0.25, -0.2) is 9.78 Å². The van der Waals surface area contributed by atoms with Gasteiger partial charge in [0.15, 0.2) is 0 Å². The van der Waals surface area contributed by atoms with Gasteiger partial charge in [-0.05, 0) is 19.9 Å². The summed E-state index contributed by atoms with van der Waals surface area (Å²) >= 11 is 0. The molecule has 0 aliphatic rings. The number of imidazole rings is 1. The molecule has 2 rings (SSSR count). The molecule has 8 nitrogen and oxygen atoms in total. The lowest BCUT2D eigenvalue weighted by Gasteiger charge is -2.14. The average molecular weight is 291 g/mol. The number of aryl methyl sites for hydroxylation is 2. The Bertz CT molecular complexity index is 632. The number of H-pyrrole nitrogens is 1. The van der Waals surface area contributed by atoms with E-state index in [1.165, 1.54) is 12.5 Å². The summed E-state index contributed by atoms with van der Waals surface area (Å²) in [6.45, 7) is 3.67. The zero-order valence-corrected chi connectivity index (χ0v) is 11.8. The van der Waals surface area contributed by atoms with E-state index in [-0.39, 0.29) is 13.0 Å². The smallest absolute Gasteiger partial charge is 0.326 e. The molecule has 112 valence electrons. The molecule has 8 heteroatoms. The first-order chi connectivity index (χ1) is 9.95. The lowest BCUT2D eigenvalue weighted by molar-refractivity contribution is -0.141. The van der Waals surface area contributed by atoms with E-state index in [1.54, 1.807) is 4.68 Å². The van der Waals surface area contributed by atoms with Crippen LogP contribution in [-0.4, -0.2) is 42.8 Å². The second-order valence-electron chi connectivity index (χ2n) is 4.82. The summed E-state index contributed by atoms with van der Waals surface area (Å²) in [6.07, 6.45) is 3.15. The van der Waals surface area contributed by atoms with Crippen molar-refractivity contribution in [2.75, 3.05) is 0 Å². The van der Waals surface area contributed by atoms with E-state index < -0.39 is 17.9 Å². The van der Waals surface area contributed by atoms with E-state index in [9.17, 15) is 14.7 Å². The van der Waals surface area contributed by atoms with Crippen LogP contribution < -0.4 is 5.32 Å². The Labute approximate surface area is 121 Å². The predicted octanol–water partition coefficient (Wildman–Crippen LogP) is 0.0351. The molecule has 0 spiro atoms. The maximum absolute atomic E-state index is 12.0. The fourth-order valence-corrected chi connectivity index (χ4v) is 2.03. The molecule has 1 atom stereocenters. The number of carboxylic acid groups (broad SMARTS) is 1. The molecule has 0 unspecified atom stereocenters. The molecule has 0 aliphatic heterocycles.